The molecule has 2 nitrogen and oxygen atoms in total. The molecule has 0 atom stereocenters. The van der Waals surface area contributed by atoms with Crippen LogP contribution in [-0.2, 0) is 6.42 Å². The Kier molecular flexibility index (Phi) is 2.80. The van der Waals surface area contributed by atoms with Gasteiger partial charge in [0.2, 0.25) is 0 Å². The zero-order valence-electron chi connectivity index (χ0n) is 9.86. The van der Waals surface area contributed by atoms with Crippen LogP contribution in [0.15, 0.2) is 36.7 Å². The molecule has 3 heteroatoms. The van der Waals surface area contributed by atoms with Crippen molar-refractivity contribution in [2.75, 3.05) is 5.73 Å². The van der Waals surface area contributed by atoms with Gasteiger partial charge in [0.1, 0.15) is 0 Å². The molecule has 1 aromatic carbocycles. The molecule has 1 heterocycles. The lowest BCUT2D eigenvalue weighted by Crippen LogP contribution is -1.87. The summed E-state index contributed by atoms with van der Waals surface area (Å²) in [4.78, 5) is 4.00. The lowest BCUT2D eigenvalue weighted by Gasteiger charge is -2.03. The summed E-state index contributed by atoms with van der Waals surface area (Å²) < 4.78 is 0. The number of fused-ring (bicyclic) bond motifs is 1. The molecule has 0 amide bonds. The van der Waals surface area contributed by atoms with E-state index in [0.29, 0.717) is 5.02 Å². The summed E-state index contributed by atoms with van der Waals surface area (Å²) in [6.45, 7) is 0. The number of hydrogen-bond donors (Lipinski definition) is 1. The molecular weight excluding hydrogens is 244 g/mol. The molecule has 0 saturated heterocycles. The Morgan fingerprint density at radius 1 is 1.22 bits per heavy atom. The predicted octanol–water partition coefficient (Wildman–Crippen LogP) is 3.80. The highest BCUT2D eigenvalue weighted by molar-refractivity contribution is 6.32. The van der Waals surface area contributed by atoms with Crippen molar-refractivity contribution in [2.24, 2.45) is 0 Å². The van der Waals surface area contributed by atoms with Crippen LogP contribution in [0.5, 0.6) is 0 Å². The summed E-state index contributed by atoms with van der Waals surface area (Å²) in [6, 6.07) is 8.04. The van der Waals surface area contributed by atoms with Crippen molar-refractivity contribution in [3.63, 3.8) is 0 Å². The lowest BCUT2D eigenvalue weighted by atomic mass is 10.0. The SMILES string of the molecule is Nc1ccc2c(c1)CCC2=Cc1ccncc1Cl. The molecule has 1 aliphatic rings. The number of nitrogens with two attached hydrogens (primary N) is 1. The van der Waals surface area contributed by atoms with Crippen molar-refractivity contribution in [3.8, 4) is 0 Å². The van der Waals surface area contributed by atoms with Crippen molar-refractivity contribution >= 4 is 28.9 Å². The van der Waals surface area contributed by atoms with Crippen molar-refractivity contribution in [3.05, 3.63) is 58.4 Å². The van der Waals surface area contributed by atoms with Crippen LogP contribution in [0.3, 0.4) is 0 Å². The van der Waals surface area contributed by atoms with E-state index in [1.165, 1.54) is 16.7 Å². The van der Waals surface area contributed by atoms with Gasteiger partial charge in [0.15, 0.2) is 0 Å². The molecule has 0 spiro atoms. The van der Waals surface area contributed by atoms with Crippen LogP contribution in [-0.4, -0.2) is 4.98 Å². The third kappa shape index (κ3) is 2.00. The van der Waals surface area contributed by atoms with Crippen LogP contribution in [0.2, 0.25) is 5.02 Å². The number of hydrogen-bond acceptors (Lipinski definition) is 2. The topological polar surface area (TPSA) is 38.9 Å². The fraction of sp³-hybridized carbons (Fsp3) is 0.133. The summed E-state index contributed by atoms with van der Waals surface area (Å²) in [5, 5.41) is 0.689. The first-order chi connectivity index (χ1) is 8.74. The minimum atomic E-state index is 0.689. The number of benzene rings is 1. The van der Waals surface area contributed by atoms with Crippen molar-refractivity contribution < 1.29 is 0 Å². The standard InChI is InChI=1S/C15H13ClN2/c16-15-9-18-6-5-12(15)7-10-1-2-11-8-13(17)3-4-14(10)11/h3-9H,1-2,17H2. The summed E-state index contributed by atoms with van der Waals surface area (Å²) in [5.41, 5.74) is 11.6. The average molecular weight is 257 g/mol. The lowest BCUT2D eigenvalue weighted by molar-refractivity contribution is 1.08. The maximum Gasteiger partial charge on any atom is 0.0661 e. The number of nitrogen functional groups attached to an aromatic ring is 1. The fourth-order valence-corrected chi connectivity index (χ4v) is 2.55. The monoisotopic (exact) mass is 256 g/mol. The van der Waals surface area contributed by atoms with Crippen LogP contribution in [0.1, 0.15) is 23.1 Å². The van der Waals surface area contributed by atoms with Crippen LogP contribution < -0.4 is 5.73 Å². The van der Waals surface area contributed by atoms with Gasteiger partial charge in [0, 0.05) is 18.1 Å². The molecule has 0 unspecified atom stereocenters. The predicted molar refractivity (Wildman–Crippen MR) is 76.3 cm³/mol. The number of nitrogens with zero attached hydrogens (tertiary/aromatic N) is 1. The van der Waals surface area contributed by atoms with Crippen LogP contribution in [0.25, 0.3) is 11.6 Å². The minimum absolute atomic E-state index is 0.689. The normalized spacial score (nSPS) is 15.9. The van der Waals surface area contributed by atoms with E-state index in [0.717, 1.165) is 24.1 Å². The molecular formula is C15H13ClN2. The smallest absolute Gasteiger partial charge is 0.0661 e. The maximum absolute atomic E-state index is 6.13. The van der Waals surface area contributed by atoms with E-state index in [9.17, 15) is 0 Å². The molecule has 18 heavy (non-hydrogen) atoms. The van der Waals surface area contributed by atoms with Gasteiger partial charge >= 0.3 is 0 Å². The molecule has 0 radical (unpaired) electrons. The molecule has 3 rings (SSSR count). The Balaban J connectivity index is 2.04. The van der Waals surface area contributed by atoms with Gasteiger partial charge in [-0.1, -0.05) is 17.7 Å². The Hall–Kier alpha value is -1.80. The van der Waals surface area contributed by atoms with Crippen LogP contribution >= 0.6 is 11.6 Å². The van der Waals surface area contributed by atoms with E-state index in [1.54, 1.807) is 12.4 Å². The van der Waals surface area contributed by atoms with Gasteiger partial charge in [0.25, 0.3) is 0 Å². The number of aryl methyl sites for hydroxylation is 1. The van der Waals surface area contributed by atoms with Gasteiger partial charge < -0.3 is 5.73 Å². The number of allylic oxidation sites excluding steroid dienone is 1. The van der Waals surface area contributed by atoms with E-state index >= 15 is 0 Å². The molecule has 0 saturated carbocycles. The highest BCUT2D eigenvalue weighted by Gasteiger charge is 2.16. The van der Waals surface area contributed by atoms with Gasteiger partial charge in [-0.15, -0.1) is 0 Å². The second-order valence-electron chi connectivity index (χ2n) is 4.48. The molecule has 2 aromatic rings. The van der Waals surface area contributed by atoms with E-state index in [1.807, 2.05) is 12.1 Å². The third-order valence-corrected chi connectivity index (χ3v) is 3.59. The molecule has 1 aliphatic carbocycles. The first kappa shape index (κ1) is 11.3. The Labute approximate surface area is 111 Å². The first-order valence-corrected chi connectivity index (χ1v) is 6.31. The summed E-state index contributed by atoms with van der Waals surface area (Å²) >= 11 is 6.13. The van der Waals surface area contributed by atoms with Gasteiger partial charge in [-0.25, -0.2) is 0 Å². The van der Waals surface area contributed by atoms with Crippen molar-refractivity contribution in [1.29, 1.82) is 0 Å². The van der Waals surface area contributed by atoms with E-state index in [4.69, 9.17) is 17.3 Å². The number of halogens is 1. The Morgan fingerprint density at radius 3 is 2.94 bits per heavy atom. The second kappa shape index (κ2) is 4.46. The minimum Gasteiger partial charge on any atom is -0.399 e. The quantitative estimate of drug-likeness (QED) is 0.788. The van der Waals surface area contributed by atoms with Gasteiger partial charge in [-0.3, -0.25) is 4.98 Å². The zero-order valence-corrected chi connectivity index (χ0v) is 10.6. The maximum atomic E-state index is 6.13. The van der Waals surface area contributed by atoms with Gasteiger partial charge in [0.05, 0.1) is 5.02 Å². The molecule has 1 aromatic heterocycles. The molecule has 0 fully saturated rings. The van der Waals surface area contributed by atoms with Crippen LogP contribution in [0, 0.1) is 0 Å². The van der Waals surface area contributed by atoms with Crippen LogP contribution in [0.4, 0.5) is 5.69 Å². The zero-order chi connectivity index (χ0) is 12.5. The highest BCUT2D eigenvalue weighted by atomic mass is 35.5. The van der Waals surface area contributed by atoms with E-state index < -0.39 is 0 Å². The number of rotatable bonds is 1. The molecule has 0 aliphatic heterocycles. The largest absolute Gasteiger partial charge is 0.399 e. The first-order valence-electron chi connectivity index (χ1n) is 5.93. The Bertz CT molecular complexity index is 632. The van der Waals surface area contributed by atoms with Crippen molar-refractivity contribution in [1.82, 2.24) is 4.98 Å². The summed E-state index contributed by atoms with van der Waals surface area (Å²) in [5.74, 6) is 0. The Morgan fingerprint density at radius 2 is 2.11 bits per heavy atom. The second-order valence-corrected chi connectivity index (χ2v) is 4.89. The molecule has 0 bridgehead atoms. The highest BCUT2D eigenvalue weighted by Crippen LogP contribution is 2.35. The number of anilines is 1. The summed E-state index contributed by atoms with van der Waals surface area (Å²) in [7, 11) is 0. The number of aromatic nitrogens is 1. The van der Waals surface area contributed by atoms with E-state index in [-0.39, 0.29) is 0 Å². The fourth-order valence-electron chi connectivity index (χ4n) is 2.38. The number of pyridine rings is 1. The van der Waals surface area contributed by atoms with Gasteiger partial charge in [-0.05, 0) is 59.4 Å². The average Bonchev–Trinajstić information content (AvgIpc) is 2.74. The summed E-state index contributed by atoms with van der Waals surface area (Å²) in [6.07, 6.45) is 7.67. The molecule has 90 valence electrons. The molecule has 2 N–H and O–H groups in total. The third-order valence-electron chi connectivity index (χ3n) is 3.27. The van der Waals surface area contributed by atoms with E-state index in [2.05, 4.69) is 23.2 Å². The van der Waals surface area contributed by atoms with Gasteiger partial charge in [-0.2, -0.15) is 0 Å². The van der Waals surface area contributed by atoms with Crippen molar-refractivity contribution in [2.45, 2.75) is 12.8 Å².